The number of fused-ring (bicyclic) bond motifs is 1. The Labute approximate surface area is 271 Å². The van der Waals surface area contributed by atoms with E-state index in [9.17, 15) is 28.2 Å². The molecule has 10 nitrogen and oxygen atoms in total. The van der Waals surface area contributed by atoms with Crippen molar-refractivity contribution in [2.45, 2.75) is 94.6 Å². The van der Waals surface area contributed by atoms with Gasteiger partial charge in [0.15, 0.2) is 0 Å². The number of hydrogen-bond acceptors (Lipinski definition) is 9. The van der Waals surface area contributed by atoms with Crippen LogP contribution in [0.5, 0.6) is 5.75 Å². The van der Waals surface area contributed by atoms with Gasteiger partial charge in [-0.25, -0.2) is 0 Å². The first kappa shape index (κ1) is 35.2. The highest BCUT2D eigenvalue weighted by molar-refractivity contribution is 7.99. The van der Waals surface area contributed by atoms with Crippen molar-refractivity contribution in [2.75, 3.05) is 18.6 Å². The molecule has 6 atom stereocenters. The molecule has 1 heterocycles. The first-order chi connectivity index (χ1) is 21.1. The van der Waals surface area contributed by atoms with E-state index in [1.807, 2.05) is 51.1 Å². The quantitative estimate of drug-likeness (QED) is 0.207. The number of nitrogens with one attached hydrogen (secondary N) is 2. The number of rotatable bonds is 11. The number of amides is 2. The summed E-state index contributed by atoms with van der Waals surface area (Å²) in [6.07, 6.45) is 2.95. The monoisotopic (exact) mass is 661 g/mol. The lowest BCUT2D eigenvalue weighted by Crippen LogP contribution is -2.64. The van der Waals surface area contributed by atoms with Crippen molar-refractivity contribution in [1.82, 2.24) is 15.5 Å². The van der Waals surface area contributed by atoms with E-state index in [0.717, 1.165) is 36.8 Å². The van der Waals surface area contributed by atoms with Gasteiger partial charge in [-0.15, -0.1) is 11.8 Å². The van der Waals surface area contributed by atoms with E-state index in [0.29, 0.717) is 17.7 Å². The highest BCUT2D eigenvalue weighted by Crippen LogP contribution is 2.43. The van der Waals surface area contributed by atoms with E-state index in [2.05, 4.69) is 10.6 Å². The van der Waals surface area contributed by atoms with Gasteiger partial charge in [0.05, 0.1) is 24.4 Å². The standard InChI is InChI=1S/C33H47N3O7S2/c1-21-24(16-11-17-28(21)37)30(39)34-26(20-44-23-13-7-6-8-14-23)29(38)19-36-27(31(40)35-33(2,3)4)18-22-12-9-10-15-25(22)32(36)43-45(5,41)42/h6-8,11,13-14,16-17,22,25-27,29,32,37-38H,9-10,12,15,18-20H2,1-5H3,(H,34,39)(H,35,40)/t22-,25-,26-,27-,29+,32?/m0/s1. The Hall–Kier alpha value is -2.64. The Morgan fingerprint density at radius 1 is 1.09 bits per heavy atom. The molecule has 2 aromatic carbocycles. The summed E-state index contributed by atoms with van der Waals surface area (Å²) in [7, 11) is -3.91. The minimum Gasteiger partial charge on any atom is -0.508 e. The van der Waals surface area contributed by atoms with E-state index in [-0.39, 0.29) is 35.6 Å². The largest absolute Gasteiger partial charge is 0.508 e. The van der Waals surface area contributed by atoms with Gasteiger partial charge in [0, 0.05) is 39.8 Å². The zero-order chi connectivity index (χ0) is 32.9. The molecule has 0 radical (unpaired) electrons. The molecule has 4 rings (SSSR count). The van der Waals surface area contributed by atoms with Crippen molar-refractivity contribution in [3.63, 3.8) is 0 Å². The minimum absolute atomic E-state index is 0.0118. The smallest absolute Gasteiger partial charge is 0.265 e. The Morgan fingerprint density at radius 2 is 1.78 bits per heavy atom. The second-order valence-corrected chi connectivity index (χ2v) is 16.0. The Balaban J connectivity index is 1.67. The predicted octanol–water partition coefficient (Wildman–Crippen LogP) is 4.05. The van der Waals surface area contributed by atoms with Crippen LogP contribution in [0.2, 0.25) is 0 Å². The summed E-state index contributed by atoms with van der Waals surface area (Å²) in [5, 5.41) is 28.0. The van der Waals surface area contributed by atoms with E-state index in [4.69, 9.17) is 4.18 Å². The fourth-order valence-corrected chi connectivity index (χ4v) is 8.05. The number of likely N-dealkylation sites (tertiary alicyclic amines) is 1. The van der Waals surface area contributed by atoms with Gasteiger partial charge in [0.2, 0.25) is 5.91 Å². The van der Waals surface area contributed by atoms with Crippen molar-refractivity contribution in [3.8, 4) is 5.75 Å². The van der Waals surface area contributed by atoms with Crippen LogP contribution in [0.25, 0.3) is 0 Å². The van der Waals surface area contributed by atoms with Gasteiger partial charge in [0.1, 0.15) is 12.0 Å². The average Bonchev–Trinajstić information content (AvgIpc) is 2.96. The molecule has 45 heavy (non-hydrogen) atoms. The molecule has 0 bridgehead atoms. The third kappa shape index (κ3) is 9.68. The van der Waals surface area contributed by atoms with Gasteiger partial charge in [-0.2, -0.15) is 8.42 Å². The SMILES string of the molecule is Cc1c(O)cccc1C(=O)N[C@@H](CSc1ccccc1)[C@H](O)CN1C(OS(C)(=O)=O)[C@H]2CCCC[C@H]2C[C@H]1C(=O)NC(C)(C)C. The first-order valence-corrected chi connectivity index (χ1v) is 18.3. The molecule has 1 aliphatic heterocycles. The second kappa shape index (κ2) is 14.8. The molecule has 1 saturated carbocycles. The van der Waals surface area contributed by atoms with Crippen molar-refractivity contribution in [3.05, 3.63) is 59.7 Å². The number of phenolic OH excluding ortho intramolecular Hbond substituents is 1. The maximum Gasteiger partial charge on any atom is 0.265 e. The molecule has 0 aromatic heterocycles. The number of hydrogen-bond donors (Lipinski definition) is 4. The van der Waals surface area contributed by atoms with E-state index in [1.54, 1.807) is 24.0 Å². The summed E-state index contributed by atoms with van der Waals surface area (Å²) in [6.45, 7) is 7.20. The van der Waals surface area contributed by atoms with Crippen LogP contribution >= 0.6 is 11.8 Å². The second-order valence-electron chi connectivity index (χ2n) is 13.3. The number of aromatic hydroxyl groups is 1. The summed E-state index contributed by atoms with van der Waals surface area (Å²) in [6, 6.07) is 12.7. The molecule has 0 spiro atoms. The zero-order valence-electron chi connectivity index (χ0n) is 26.7. The number of carbonyl (C=O) groups excluding carboxylic acids is 2. The topological polar surface area (TPSA) is 145 Å². The highest BCUT2D eigenvalue weighted by Gasteiger charge is 2.49. The lowest BCUT2D eigenvalue weighted by Gasteiger charge is -2.51. The van der Waals surface area contributed by atoms with Crippen molar-refractivity contribution in [2.24, 2.45) is 11.8 Å². The molecule has 1 saturated heterocycles. The van der Waals surface area contributed by atoms with E-state index in [1.165, 1.54) is 17.8 Å². The number of phenols is 1. The molecular weight excluding hydrogens is 615 g/mol. The molecule has 4 N–H and O–H groups in total. The van der Waals surface area contributed by atoms with Crippen LogP contribution in [-0.2, 0) is 19.1 Å². The fraction of sp³-hybridized carbons (Fsp3) is 0.576. The molecule has 2 aromatic rings. The molecule has 1 unspecified atom stereocenters. The molecule has 1 aliphatic carbocycles. The van der Waals surface area contributed by atoms with Gasteiger partial charge in [0.25, 0.3) is 16.0 Å². The van der Waals surface area contributed by atoms with Crippen LogP contribution in [0, 0.1) is 18.8 Å². The summed E-state index contributed by atoms with van der Waals surface area (Å²) in [4.78, 5) is 29.9. The third-order valence-electron chi connectivity index (χ3n) is 8.56. The van der Waals surface area contributed by atoms with Crippen molar-refractivity contribution < 1.29 is 32.4 Å². The summed E-state index contributed by atoms with van der Waals surface area (Å²) >= 11 is 1.46. The Bertz CT molecular complexity index is 1430. The van der Waals surface area contributed by atoms with Crippen LogP contribution in [-0.4, -0.2) is 83.9 Å². The molecule has 248 valence electrons. The Morgan fingerprint density at radius 3 is 2.44 bits per heavy atom. The average molecular weight is 662 g/mol. The number of thioether (sulfide) groups is 1. The van der Waals surface area contributed by atoms with E-state index < -0.39 is 46.0 Å². The number of nitrogens with zero attached hydrogens (tertiary/aromatic N) is 1. The highest BCUT2D eigenvalue weighted by atomic mass is 32.2. The number of carbonyl (C=O) groups is 2. The fourth-order valence-electron chi connectivity index (χ4n) is 6.41. The van der Waals surface area contributed by atoms with Crippen LogP contribution < -0.4 is 10.6 Å². The maximum absolute atomic E-state index is 13.8. The number of aliphatic hydroxyl groups excluding tert-OH is 1. The normalized spacial score (nSPS) is 23.9. The number of benzene rings is 2. The lowest BCUT2D eigenvalue weighted by atomic mass is 9.71. The number of piperidine rings is 1. The van der Waals surface area contributed by atoms with Crippen LogP contribution in [0.1, 0.15) is 68.8 Å². The molecular formula is C33H47N3O7S2. The molecule has 2 aliphatic rings. The summed E-state index contributed by atoms with van der Waals surface area (Å²) < 4.78 is 30.9. The van der Waals surface area contributed by atoms with Crippen LogP contribution in [0.4, 0.5) is 0 Å². The van der Waals surface area contributed by atoms with Gasteiger partial charge in [-0.3, -0.25) is 18.7 Å². The van der Waals surface area contributed by atoms with E-state index >= 15 is 0 Å². The molecule has 2 fully saturated rings. The maximum atomic E-state index is 13.8. The van der Waals surface area contributed by atoms with Crippen molar-refractivity contribution in [1.29, 1.82) is 0 Å². The predicted molar refractivity (Wildman–Crippen MR) is 175 cm³/mol. The Kier molecular flexibility index (Phi) is 11.6. The lowest BCUT2D eigenvalue weighted by molar-refractivity contribution is -0.153. The van der Waals surface area contributed by atoms with Crippen molar-refractivity contribution >= 4 is 33.7 Å². The number of aliphatic hydroxyl groups is 1. The number of β-amino-alcohol motifs (C(OH)–C–C–N with tert-alkyl or cyclic N) is 1. The van der Waals surface area contributed by atoms with Gasteiger partial charge in [-0.05, 0) is 77.1 Å². The first-order valence-electron chi connectivity index (χ1n) is 15.5. The minimum atomic E-state index is -3.91. The summed E-state index contributed by atoms with van der Waals surface area (Å²) in [5.74, 6) is -0.449. The molecule has 12 heteroatoms. The summed E-state index contributed by atoms with van der Waals surface area (Å²) in [5.41, 5.74) is 0.166. The zero-order valence-corrected chi connectivity index (χ0v) is 28.4. The van der Waals surface area contributed by atoms with Gasteiger partial charge in [-0.1, -0.05) is 37.1 Å². The third-order valence-corrected chi connectivity index (χ3v) is 10.2. The van der Waals surface area contributed by atoms with Crippen LogP contribution in [0.15, 0.2) is 53.4 Å². The van der Waals surface area contributed by atoms with Crippen LogP contribution in [0.3, 0.4) is 0 Å². The molecule has 2 amide bonds. The van der Waals surface area contributed by atoms with Gasteiger partial charge >= 0.3 is 0 Å². The van der Waals surface area contributed by atoms with Gasteiger partial charge < -0.3 is 20.8 Å².